The van der Waals surface area contributed by atoms with Gasteiger partial charge in [0.25, 0.3) is 5.54 Å². The smallest absolute Gasteiger partial charge is 0.420 e. The Morgan fingerprint density at radius 3 is 2.00 bits per heavy atom. The minimum atomic E-state index is -2.61. The van der Waals surface area contributed by atoms with E-state index in [1.165, 1.54) is 0 Å². The molecule has 1 aromatic rings. The van der Waals surface area contributed by atoms with Crippen molar-refractivity contribution >= 4 is 18.0 Å². The highest BCUT2D eigenvalue weighted by atomic mass is 16.6. The molecule has 0 spiro atoms. The van der Waals surface area contributed by atoms with Gasteiger partial charge >= 0.3 is 18.0 Å². The topological polar surface area (TPSA) is 134 Å². The predicted molar refractivity (Wildman–Crippen MR) is 83.2 cm³/mol. The van der Waals surface area contributed by atoms with E-state index in [0.717, 1.165) is 17.1 Å². The zero-order valence-corrected chi connectivity index (χ0v) is 14.6. The lowest BCUT2D eigenvalue weighted by Crippen LogP contribution is -2.55. The zero-order valence-electron chi connectivity index (χ0n) is 14.6. The normalized spacial score (nSPS) is 14.6. The van der Waals surface area contributed by atoms with Gasteiger partial charge in [-0.1, -0.05) is 0 Å². The van der Waals surface area contributed by atoms with Crippen LogP contribution in [-0.4, -0.2) is 43.9 Å². The molecular formula is C15H23N3O6. The molecule has 1 unspecified atom stereocenters. The summed E-state index contributed by atoms with van der Waals surface area (Å²) >= 11 is 0. The lowest BCUT2D eigenvalue weighted by Gasteiger charge is -2.28. The SMILES string of the molecule is CC(C)(C)OC(=O)n1cncc1C(N)(C(=O)O)C(=O)OC(C)(C)C. The molecule has 9 nitrogen and oxygen atoms in total. The Bertz CT molecular complexity index is 653. The molecule has 134 valence electrons. The number of aliphatic carboxylic acids is 1. The Hall–Kier alpha value is -2.42. The fourth-order valence-corrected chi connectivity index (χ4v) is 1.70. The van der Waals surface area contributed by atoms with Gasteiger partial charge in [0, 0.05) is 0 Å². The molecule has 1 rings (SSSR count). The highest BCUT2D eigenvalue weighted by Crippen LogP contribution is 2.24. The molecule has 0 aliphatic heterocycles. The molecule has 0 bridgehead atoms. The number of aromatic nitrogens is 2. The maximum Gasteiger partial charge on any atom is 0.420 e. The fraction of sp³-hybridized carbons (Fsp3) is 0.600. The van der Waals surface area contributed by atoms with Gasteiger partial charge in [-0.15, -0.1) is 0 Å². The van der Waals surface area contributed by atoms with Gasteiger partial charge in [0.05, 0.1) is 11.9 Å². The van der Waals surface area contributed by atoms with Gasteiger partial charge in [0.2, 0.25) is 0 Å². The Morgan fingerprint density at radius 1 is 1.08 bits per heavy atom. The maximum absolute atomic E-state index is 12.4. The van der Waals surface area contributed by atoms with E-state index in [1.54, 1.807) is 41.5 Å². The number of hydrogen-bond acceptors (Lipinski definition) is 7. The first-order valence-electron chi connectivity index (χ1n) is 7.20. The number of nitrogens with zero attached hydrogens (tertiary/aromatic N) is 2. The number of carboxylic acid groups (broad SMARTS) is 1. The molecule has 1 heterocycles. The highest BCUT2D eigenvalue weighted by Gasteiger charge is 2.50. The Balaban J connectivity index is 3.34. The van der Waals surface area contributed by atoms with Crippen molar-refractivity contribution in [2.75, 3.05) is 0 Å². The number of esters is 1. The van der Waals surface area contributed by atoms with E-state index >= 15 is 0 Å². The van der Waals surface area contributed by atoms with Crippen LogP contribution in [0.15, 0.2) is 12.5 Å². The van der Waals surface area contributed by atoms with Gasteiger partial charge in [-0.3, -0.25) is 0 Å². The van der Waals surface area contributed by atoms with Crippen molar-refractivity contribution < 1.29 is 29.0 Å². The van der Waals surface area contributed by atoms with Crippen molar-refractivity contribution in [3.05, 3.63) is 18.2 Å². The van der Waals surface area contributed by atoms with E-state index in [4.69, 9.17) is 15.2 Å². The average molecular weight is 341 g/mol. The molecule has 0 saturated heterocycles. The van der Waals surface area contributed by atoms with Crippen molar-refractivity contribution in [2.45, 2.75) is 58.3 Å². The number of carbonyl (C=O) groups is 3. The van der Waals surface area contributed by atoms with Gasteiger partial charge < -0.3 is 20.3 Å². The van der Waals surface area contributed by atoms with Crippen LogP contribution >= 0.6 is 0 Å². The minimum absolute atomic E-state index is 0.362. The lowest BCUT2D eigenvalue weighted by molar-refractivity contribution is -0.170. The van der Waals surface area contributed by atoms with E-state index in [0.29, 0.717) is 0 Å². The summed E-state index contributed by atoms with van der Waals surface area (Å²) in [6.07, 6.45) is 1.13. The van der Waals surface area contributed by atoms with Crippen molar-refractivity contribution in [3.8, 4) is 0 Å². The molecule has 0 fully saturated rings. The first kappa shape index (κ1) is 19.6. The van der Waals surface area contributed by atoms with E-state index in [2.05, 4.69) is 4.98 Å². The zero-order chi connectivity index (χ0) is 18.9. The van der Waals surface area contributed by atoms with E-state index < -0.39 is 34.8 Å². The Kier molecular flexibility index (Phi) is 5.10. The molecule has 0 aliphatic rings. The van der Waals surface area contributed by atoms with Gasteiger partial charge in [-0.05, 0) is 41.5 Å². The summed E-state index contributed by atoms with van der Waals surface area (Å²) < 4.78 is 11.0. The molecule has 1 atom stereocenters. The number of imidazole rings is 1. The largest absolute Gasteiger partial charge is 0.479 e. The molecule has 1 aromatic heterocycles. The summed E-state index contributed by atoms with van der Waals surface area (Å²) in [6.45, 7) is 9.63. The predicted octanol–water partition coefficient (Wildman–Crippen LogP) is 1.25. The molecular weight excluding hydrogens is 318 g/mol. The highest BCUT2D eigenvalue weighted by molar-refractivity contribution is 6.05. The molecule has 0 saturated carbocycles. The third-order valence-electron chi connectivity index (χ3n) is 2.69. The van der Waals surface area contributed by atoms with Crippen molar-refractivity contribution in [3.63, 3.8) is 0 Å². The molecule has 0 aliphatic carbocycles. The third kappa shape index (κ3) is 4.31. The second-order valence-corrected chi connectivity index (χ2v) is 7.24. The average Bonchev–Trinajstić information content (AvgIpc) is 2.82. The second kappa shape index (κ2) is 6.23. The molecule has 24 heavy (non-hydrogen) atoms. The lowest BCUT2D eigenvalue weighted by atomic mass is 9.96. The third-order valence-corrected chi connectivity index (χ3v) is 2.69. The quantitative estimate of drug-likeness (QED) is 0.619. The molecule has 0 amide bonds. The van der Waals surface area contributed by atoms with Crippen LogP contribution < -0.4 is 5.73 Å². The monoisotopic (exact) mass is 341 g/mol. The summed E-state index contributed by atoms with van der Waals surface area (Å²) in [5.41, 5.74) is 1.05. The van der Waals surface area contributed by atoms with Crippen molar-refractivity contribution in [2.24, 2.45) is 5.73 Å². The van der Waals surface area contributed by atoms with Crippen LogP contribution in [0.4, 0.5) is 4.79 Å². The summed E-state index contributed by atoms with van der Waals surface area (Å²) in [5.74, 6) is -2.89. The number of carbonyl (C=O) groups excluding carboxylic acids is 2. The first-order chi connectivity index (χ1) is 10.7. The van der Waals surface area contributed by atoms with Crippen LogP contribution in [0.25, 0.3) is 0 Å². The standard InChI is InChI=1S/C15H23N3O6/c1-13(2,3)23-11(21)15(16,10(19)20)9-7-17-8-18(9)12(22)24-14(4,5)6/h7-8H,16H2,1-6H3,(H,19,20). The Labute approximate surface area is 139 Å². The maximum atomic E-state index is 12.4. The van der Waals surface area contributed by atoms with Gasteiger partial charge in [0.15, 0.2) is 0 Å². The number of nitrogens with two attached hydrogens (primary N) is 1. The summed E-state index contributed by atoms with van der Waals surface area (Å²) in [7, 11) is 0. The van der Waals surface area contributed by atoms with E-state index in [-0.39, 0.29) is 5.69 Å². The van der Waals surface area contributed by atoms with Crippen LogP contribution in [0.3, 0.4) is 0 Å². The number of hydrogen-bond donors (Lipinski definition) is 2. The van der Waals surface area contributed by atoms with Gasteiger partial charge in [-0.25, -0.2) is 23.9 Å². The minimum Gasteiger partial charge on any atom is -0.479 e. The van der Waals surface area contributed by atoms with Crippen LogP contribution in [0, 0.1) is 0 Å². The van der Waals surface area contributed by atoms with Crippen LogP contribution in [0.1, 0.15) is 47.2 Å². The molecule has 3 N–H and O–H groups in total. The summed E-state index contributed by atoms with van der Waals surface area (Å²) in [4.78, 5) is 40.0. The van der Waals surface area contributed by atoms with Crippen molar-refractivity contribution in [1.29, 1.82) is 0 Å². The van der Waals surface area contributed by atoms with Crippen molar-refractivity contribution in [1.82, 2.24) is 9.55 Å². The van der Waals surface area contributed by atoms with Crippen LogP contribution in [-0.2, 0) is 24.6 Å². The summed E-state index contributed by atoms with van der Waals surface area (Å²) in [6, 6.07) is 0. The fourth-order valence-electron chi connectivity index (χ4n) is 1.70. The summed E-state index contributed by atoms with van der Waals surface area (Å²) in [5, 5.41) is 9.49. The molecule has 0 radical (unpaired) electrons. The van der Waals surface area contributed by atoms with Crippen LogP contribution in [0.5, 0.6) is 0 Å². The molecule has 0 aromatic carbocycles. The van der Waals surface area contributed by atoms with Gasteiger partial charge in [-0.2, -0.15) is 0 Å². The number of ether oxygens (including phenoxy) is 2. The van der Waals surface area contributed by atoms with E-state index in [9.17, 15) is 19.5 Å². The van der Waals surface area contributed by atoms with Crippen LogP contribution in [0.2, 0.25) is 0 Å². The Morgan fingerprint density at radius 2 is 1.58 bits per heavy atom. The molecule has 9 heteroatoms. The first-order valence-corrected chi connectivity index (χ1v) is 7.20. The van der Waals surface area contributed by atoms with Gasteiger partial charge in [0.1, 0.15) is 17.5 Å². The number of carboxylic acids is 1. The van der Waals surface area contributed by atoms with E-state index in [1.807, 2.05) is 0 Å². The number of rotatable bonds is 3. The second-order valence-electron chi connectivity index (χ2n) is 7.24.